The molecule has 0 saturated carbocycles. The molecule has 3 N–H and O–H groups in total. The van der Waals surface area contributed by atoms with Gasteiger partial charge in [0.2, 0.25) is 0 Å². The highest BCUT2D eigenvalue weighted by Gasteiger charge is 2.23. The molecule has 1 saturated heterocycles. The predicted molar refractivity (Wildman–Crippen MR) is 160 cm³/mol. The van der Waals surface area contributed by atoms with Crippen LogP contribution in [-0.4, -0.2) is 89.3 Å². The smallest absolute Gasteiger partial charge is 0.407 e. The maximum Gasteiger partial charge on any atom is 0.407 e. The number of hydrogen-bond donors (Lipinski definition) is 3. The SMILES string of the molecule is CCN(C)S(=O)(=O)Nc1cccc(C(=O)c2c[nH]c3ncc(-c4ccc(N5CCN(C(=O)O)CC5)nc4)cc23)c1Br. The minimum absolute atomic E-state index is 0.255. The van der Waals surface area contributed by atoms with E-state index in [1.807, 2.05) is 23.1 Å². The van der Waals surface area contributed by atoms with Gasteiger partial charge in [-0.05, 0) is 46.3 Å². The number of carbonyl (C=O) groups is 2. The van der Waals surface area contributed by atoms with Crippen molar-refractivity contribution in [1.29, 1.82) is 0 Å². The molecule has 0 unspecified atom stereocenters. The topological polar surface area (TPSA) is 152 Å². The van der Waals surface area contributed by atoms with E-state index in [2.05, 4.69) is 35.6 Å². The average molecular weight is 643 g/mol. The van der Waals surface area contributed by atoms with E-state index in [-0.39, 0.29) is 18.0 Å². The van der Waals surface area contributed by atoms with Crippen LogP contribution in [0.1, 0.15) is 22.8 Å². The number of ketones is 1. The summed E-state index contributed by atoms with van der Waals surface area (Å²) in [6, 6.07) is 10.5. The van der Waals surface area contributed by atoms with Crippen LogP contribution in [0.3, 0.4) is 0 Å². The van der Waals surface area contributed by atoms with Crippen molar-refractivity contribution in [3.05, 3.63) is 70.6 Å². The van der Waals surface area contributed by atoms with Gasteiger partial charge in [0.25, 0.3) is 0 Å². The van der Waals surface area contributed by atoms with Gasteiger partial charge in [-0.1, -0.05) is 13.0 Å². The second-order valence-electron chi connectivity index (χ2n) is 9.50. The summed E-state index contributed by atoms with van der Waals surface area (Å²) in [5.41, 5.74) is 3.06. The van der Waals surface area contributed by atoms with Gasteiger partial charge in [0.05, 0.1) is 10.2 Å². The molecule has 0 atom stereocenters. The Morgan fingerprint density at radius 3 is 2.46 bits per heavy atom. The summed E-state index contributed by atoms with van der Waals surface area (Å²) in [5, 5.41) is 9.78. The summed E-state index contributed by atoms with van der Waals surface area (Å²) in [7, 11) is -2.31. The highest BCUT2D eigenvalue weighted by atomic mass is 79.9. The number of hydrogen-bond acceptors (Lipinski definition) is 7. The normalized spacial score (nSPS) is 14.0. The molecule has 1 aliphatic heterocycles. The molecule has 1 amide bonds. The van der Waals surface area contributed by atoms with Crippen LogP contribution in [0.25, 0.3) is 22.2 Å². The number of amides is 1. The maximum absolute atomic E-state index is 13.7. The fourth-order valence-electron chi connectivity index (χ4n) is 4.54. The number of carboxylic acid groups (broad SMARTS) is 1. The number of halogens is 1. The van der Waals surface area contributed by atoms with E-state index >= 15 is 0 Å². The standard InChI is InChI=1S/C27H28BrN7O5S/c1-3-33(2)41(39,40)32-22-6-4-5-19(24(22)28)25(36)21-16-31-26-20(21)13-18(15-30-26)17-7-8-23(29-14-17)34-9-11-35(12-10-34)27(37)38/h4-8,13-16,32H,3,9-12H2,1-2H3,(H,30,31)(H,37,38). The first-order valence-corrected chi connectivity index (χ1v) is 15.1. The van der Waals surface area contributed by atoms with Crippen molar-refractivity contribution < 1.29 is 23.1 Å². The van der Waals surface area contributed by atoms with Crippen molar-refractivity contribution in [3.8, 4) is 11.1 Å². The summed E-state index contributed by atoms with van der Waals surface area (Å²) in [6.45, 7) is 3.99. The summed E-state index contributed by atoms with van der Waals surface area (Å²) >= 11 is 3.42. The molecule has 1 aliphatic rings. The lowest BCUT2D eigenvalue weighted by Crippen LogP contribution is -2.48. The summed E-state index contributed by atoms with van der Waals surface area (Å²) < 4.78 is 29.1. The summed E-state index contributed by atoms with van der Waals surface area (Å²) in [4.78, 5) is 40.4. The van der Waals surface area contributed by atoms with Gasteiger partial charge in [-0.3, -0.25) is 9.52 Å². The Balaban J connectivity index is 1.40. The van der Waals surface area contributed by atoms with Gasteiger partial charge >= 0.3 is 16.3 Å². The molecule has 214 valence electrons. The van der Waals surface area contributed by atoms with Crippen molar-refractivity contribution in [2.45, 2.75) is 6.92 Å². The molecular weight excluding hydrogens is 614 g/mol. The molecule has 4 aromatic rings. The molecular formula is C27H28BrN7O5S. The number of rotatable bonds is 8. The minimum Gasteiger partial charge on any atom is -0.465 e. The van der Waals surface area contributed by atoms with Gasteiger partial charge < -0.3 is 19.9 Å². The number of piperazine rings is 1. The predicted octanol–water partition coefficient (Wildman–Crippen LogP) is 4.03. The van der Waals surface area contributed by atoms with E-state index in [9.17, 15) is 18.0 Å². The fourth-order valence-corrected chi connectivity index (χ4v) is 6.16. The molecule has 0 bridgehead atoms. The average Bonchev–Trinajstić information content (AvgIpc) is 3.41. The molecule has 4 heterocycles. The largest absolute Gasteiger partial charge is 0.465 e. The summed E-state index contributed by atoms with van der Waals surface area (Å²) in [6.07, 6.45) is 4.11. The summed E-state index contributed by atoms with van der Waals surface area (Å²) in [5.74, 6) is 0.455. The van der Waals surface area contributed by atoms with Crippen LogP contribution in [0, 0.1) is 0 Å². The third-order valence-corrected chi connectivity index (χ3v) is 9.48. The van der Waals surface area contributed by atoms with Gasteiger partial charge in [0.1, 0.15) is 11.5 Å². The molecule has 5 rings (SSSR count). The van der Waals surface area contributed by atoms with E-state index in [0.29, 0.717) is 52.8 Å². The van der Waals surface area contributed by atoms with Crippen LogP contribution >= 0.6 is 15.9 Å². The monoisotopic (exact) mass is 641 g/mol. The van der Waals surface area contributed by atoms with Crippen LogP contribution in [0.2, 0.25) is 0 Å². The number of carbonyl (C=O) groups excluding carboxylic acids is 1. The zero-order valence-corrected chi connectivity index (χ0v) is 24.7. The maximum atomic E-state index is 13.7. The lowest BCUT2D eigenvalue weighted by Gasteiger charge is -2.33. The quantitative estimate of drug-likeness (QED) is 0.244. The molecule has 1 aromatic carbocycles. The van der Waals surface area contributed by atoms with E-state index in [4.69, 9.17) is 5.11 Å². The van der Waals surface area contributed by atoms with Crippen LogP contribution in [-0.2, 0) is 10.2 Å². The van der Waals surface area contributed by atoms with Crippen molar-refractivity contribution in [3.63, 3.8) is 0 Å². The highest BCUT2D eigenvalue weighted by Crippen LogP contribution is 2.32. The second-order valence-corrected chi connectivity index (χ2v) is 12.1. The van der Waals surface area contributed by atoms with E-state index in [0.717, 1.165) is 16.9 Å². The molecule has 3 aromatic heterocycles. The van der Waals surface area contributed by atoms with Crippen molar-refractivity contribution in [1.82, 2.24) is 24.2 Å². The van der Waals surface area contributed by atoms with E-state index in [1.165, 1.54) is 16.3 Å². The van der Waals surface area contributed by atoms with Gasteiger partial charge in [-0.25, -0.2) is 14.8 Å². The zero-order chi connectivity index (χ0) is 29.3. The number of fused-ring (bicyclic) bond motifs is 1. The van der Waals surface area contributed by atoms with Gasteiger partial charge in [-0.2, -0.15) is 12.7 Å². The number of pyridine rings is 2. The first-order chi connectivity index (χ1) is 19.6. The van der Waals surface area contributed by atoms with Gasteiger partial charge in [-0.15, -0.1) is 0 Å². The first kappa shape index (κ1) is 28.5. The molecule has 41 heavy (non-hydrogen) atoms. The molecule has 12 nitrogen and oxygen atoms in total. The molecule has 0 spiro atoms. The second kappa shape index (κ2) is 11.5. The van der Waals surface area contributed by atoms with E-state index < -0.39 is 16.3 Å². The van der Waals surface area contributed by atoms with Gasteiger partial charge in [0, 0.05) is 86.0 Å². The van der Waals surface area contributed by atoms with Crippen molar-refractivity contribution in [2.75, 3.05) is 49.4 Å². The van der Waals surface area contributed by atoms with Crippen LogP contribution in [0.4, 0.5) is 16.3 Å². The third-order valence-electron chi connectivity index (χ3n) is 7.07. The molecule has 1 fully saturated rings. The number of aromatic nitrogens is 3. The number of anilines is 2. The number of nitrogens with zero attached hydrogens (tertiary/aromatic N) is 5. The van der Waals surface area contributed by atoms with Crippen LogP contribution in [0.5, 0.6) is 0 Å². The highest BCUT2D eigenvalue weighted by molar-refractivity contribution is 9.10. The van der Waals surface area contributed by atoms with Gasteiger partial charge in [0.15, 0.2) is 5.78 Å². The minimum atomic E-state index is -3.78. The van der Waals surface area contributed by atoms with E-state index in [1.54, 1.807) is 43.7 Å². The number of H-pyrrole nitrogens is 1. The molecule has 0 aliphatic carbocycles. The first-order valence-electron chi connectivity index (χ1n) is 12.8. The third kappa shape index (κ3) is 5.76. The van der Waals surface area contributed by atoms with Crippen molar-refractivity contribution in [2.24, 2.45) is 0 Å². The number of nitrogens with one attached hydrogen (secondary N) is 2. The number of aromatic amines is 1. The fraction of sp³-hybridized carbons (Fsp3) is 0.259. The lowest BCUT2D eigenvalue weighted by atomic mass is 10.0. The molecule has 14 heteroatoms. The number of benzene rings is 1. The Hall–Kier alpha value is -4.01. The Kier molecular flexibility index (Phi) is 7.98. The Morgan fingerprint density at radius 2 is 1.80 bits per heavy atom. The Labute approximate surface area is 245 Å². The molecule has 0 radical (unpaired) electrons. The zero-order valence-electron chi connectivity index (χ0n) is 22.3. The van der Waals surface area contributed by atoms with Crippen molar-refractivity contribution >= 4 is 60.6 Å². The Bertz CT molecular complexity index is 1720. The Morgan fingerprint density at radius 1 is 1.07 bits per heavy atom. The van der Waals surface area contributed by atoms with Crippen LogP contribution < -0.4 is 9.62 Å². The lowest BCUT2D eigenvalue weighted by molar-refractivity contribution is 0.103. The van der Waals surface area contributed by atoms with Crippen LogP contribution in [0.15, 0.2) is 59.5 Å².